The van der Waals surface area contributed by atoms with Gasteiger partial charge in [-0.25, -0.2) is 9.13 Å². The molecule has 0 aromatic heterocycles. The predicted octanol–water partition coefficient (Wildman–Crippen LogP) is 14.1. The average molecular weight is 1100 g/mol. The number of phosphoric ester groups is 2. The van der Waals surface area contributed by atoms with Gasteiger partial charge >= 0.3 is 39.5 Å². The minimum absolute atomic E-state index is 0.101. The van der Waals surface area contributed by atoms with Gasteiger partial charge < -0.3 is 33.8 Å². The standard InChI is InChI=1S/C55H106O17P2/c1-7-9-11-13-15-17-25-31-37-52(57)65-43-50(71-54(59)39-33-27-18-16-14-12-10-8-2)45-69-73(61,62)67-41-49(56)42-68-74(63,64)70-46-51(72-55(60)40-34-28-22-20-24-30-36-48(5)6)44-66-53(58)38-32-26-21-19-23-29-35-47(3)4/h47-51,56H,7-46H2,1-6H3,(H,61,62)(H,63,64)/t49-,50+,51+/m0/s1. The summed E-state index contributed by atoms with van der Waals surface area (Å²) in [5, 5.41) is 10.5. The van der Waals surface area contributed by atoms with E-state index in [9.17, 15) is 43.2 Å². The highest BCUT2D eigenvalue weighted by Crippen LogP contribution is 2.45. The zero-order valence-electron chi connectivity index (χ0n) is 47.1. The Balaban J connectivity index is 5.21. The molecule has 0 saturated heterocycles. The van der Waals surface area contributed by atoms with Gasteiger partial charge in [0.15, 0.2) is 12.2 Å². The van der Waals surface area contributed by atoms with Crippen LogP contribution in [0.15, 0.2) is 0 Å². The Morgan fingerprint density at radius 1 is 0.365 bits per heavy atom. The number of rotatable bonds is 54. The van der Waals surface area contributed by atoms with Gasteiger partial charge in [-0.2, -0.15) is 0 Å². The molecule has 5 atom stereocenters. The molecule has 0 amide bonds. The van der Waals surface area contributed by atoms with Crippen LogP contribution >= 0.6 is 15.6 Å². The lowest BCUT2D eigenvalue weighted by atomic mass is 10.0. The van der Waals surface area contributed by atoms with E-state index < -0.39 is 97.5 Å². The second-order valence-electron chi connectivity index (χ2n) is 20.9. The van der Waals surface area contributed by atoms with E-state index in [1.165, 1.54) is 57.8 Å². The molecule has 0 spiro atoms. The van der Waals surface area contributed by atoms with Gasteiger partial charge in [0.05, 0.1) is 26.4 Å². The molecular formula is C55H106O17P2. The van der Waals surface area contributed by atoms with E-state index in [0.717, 1.165) is 109 Å². The first-order valence-electron chi connectivity index (χ1n) is 29.0. The molecule has 0 aromatic carbocycles. The highest BCUT2D eigenvalue weighted by Gasteiger charge is 2.30. The summed E-state index contributed by atoms with van der Waals surface area (Å²) in [6.07, 6.45) is 27.1. The van der Waals surface area contributed by atoms with E-state index in [2.05, 4.69) is 41.5 Å². The summed E-state index contributed by atoms with van der Waals surface area (Å²) in [5.41, 5.74) is 0. The van der Waals surface area contributed by atoms with Gasteiger partial charge in [0, 0.05) is 25.7 Å². The summed E-state index contributed by atoms with van der Waals surface area (Å²) >= 11 is 0. The molecule has 3 N–H and O–H groups in total. The molecule has 438 valence electrons. The van der Waals surface area contributed by atoms with Crippen LogP contribution in [0.4, 0.5) is 0 Å². The molecule has 0 aliphatic heterocycles. The van der Waals surface area contributed by atoms with Crippen molar-refractivity contribution in [3.05, 3.63) is 0 Å². The number of hydrogen-bond donors (Lipinski definition) is 3. The molecule has 0 bridgehead atoms. The van der Waals surface area contributed by atoms with E-state index in [0.29, 0.717) is 37.5 Å². The van der Waals surface area contributed by atoms with Crippen molar-refractivity contribution in [1.29, 1.82) is 0 Å². The van der Waals surface area contributed by atoms with Gasteiger partial charge in [-0.15, -0.1) is 0 Å². The first kappa shape index (κ1) is 72.1. The number of hydrogen-bond acceptors (Lipinski definition) is 15. The SMILES string of the molecule is CCCCCCCCCCC(=O)OC[C@H](COP(=O)(O)OC[C@H](O)COP(=O)(O)OC[C@@H](COC(=O)CCCCCCCCC(C)C)OC(=O)CCCCCCCCC(C)C)OC(=O)CCCCCCCCCC. The number of carbonyl (C=O) groups excluding carboxylic acids is 4. The Labute approximate surface area is 447 Å². The Kier molecular flexibility index (Phi) is 46.9. The highest BCUT2D eigenvalue weighted by atomic mass is 31.2. The van der Waals surface area contributed by atoms with E-state index in [-0.39, 0.29) is 25.7 Å². The molecule has 0 saturated carbocycles. The minimum atomic E-state index is -4.93. The second kappa shape index (κ2) is 48.2. The van der Waals surface area contributed by atoms with Crippen molar-refractivity contribution < 1.29 is 80.2 Å². The van der Waals surface area contributed by atoms with Crippen LogP contribution in [0, 0.1) is 11.8 Å². The van der Waals surface area contributed by atoms with Gasteiger partial charge in [-0.05, 0) is 37.5 Å². The van der Waals surface area contributed by atoms with E-state index >= 15 is 0 Å². The average Bonchev–Trinajstić information content (AvgIpc) is 3.35. The van der Waals surface area contributed by atoms with Crippen molar-refractivity contribution >= 4 is 39.5 Å². The normalized spacial score (nSPS) is 14.6. The van der Waals surface area contributed by atoms with Crippen LogP contribution in [0.25, 0.3) is 0 Å². The molecule has 19 heteroatoms. The fourth-order valence-corrected chi connectivity index (χ4v) is 9.52. The monoisotopic (exact) mass is 1100 g/mol. The number of unbranched alkanes of at least 4 members (excludes halogenated alkanes) is 24. The van der Waals surface area contributed by atoms with Crippen molar-refractivity contribution in [3.8, 4) is 0 Å². The zero-order valence-corrected chi connectivity index (χ0v) is 48.9. The fourth-order valence-electron chi connectivity index (χ4n) is 7.94. The van der Waals surface area contributed by atoms with Crippen molar-refractivity contribution in [1.82, 2.24) is 0 Å². The van der Waals surface area contributed by atoms with Crippen LogP contribution in [-0.4, -0.2) is 96.7 Å². The quantitative estimate of drug-likeness (QED) is 0.0222. The molecule has 0 heterocycles. The third-order valence-electron chi connectivity index (χ3n) is 12.5. The number of carbonyl (C=O) groups is 4. The molecule has 17 nitrogen and oxygen atoms in total. The van der Waals surface area contributed by atoms with Crippen LogP contribution < -0.4 is 0 Å². The van der Waals surface area contributed by atoms with Crippen LogP contribution in [-0.2, 0) is 65.4 Å². The summed E-state index contributed by atoms with van der Waals surface area (Å²) in [6, 6.07) is 0. The molecule has 74 heavy (non-hydrogen) atoms. The summed E-state index contributed by atoms with van der Waals surface area (Å²) in [5.74, 6) is -0.809. The highest BCUT2D eigenvalue weighted by molar-refractivity contribution is 7.47. The summed E-state index contributed by atoms with van der Waals surface area (Å²) in [6.45, 7) is 9.18. The summed E-state index contributed by atoms with van der Waals surface area (Å²) in [7, 11) is -9.86. The van der Waals surface area contributed by atoms with Gasteiger partial charge in [0.1, 0.15) is 19.3 Å². The Morgan fingerprint density at radius 3 is 0.919 bits per heavy atom. The van der Waals surface area contributed by atoms with Crippen molar-refractivity contribution in [2.24, 2.45) is 11.8 Å². The maximum absolute atomic E-state index is 12.9. The maximum atomic E-state index is 12.9. The number of ether oxygens (including phenoxy) is 4. The maximum Gasteiger partial charge on any atom is 0.472 e. The molecule has 0 fully saturated rings. The number of aliphatic hydroxyl groups excluding tert-OH is 1. The van der Waals surface area contributed by atoms with Gasteiger partial charge in [-0.1, -0.05) is 208 Å². The van der Waals surface area contributed by atoms with Crippen LogP contribution in [0.5, 0.6) is 0 Å². The van der Waals surface area contributed by atoms with Crippen LogP contribution in [0.1, 0.15) is 260 Å². The molecule has 0 aliphatic rings. The number of phosphoric acid groups is 2. The predicted molar refractivity (Wildman–Crippen MR) is 289 cm³/mol. The largest absolute Gasteiger partial charge is 0.472 e. The number of esters is 4. The lowest BCUT2D eigenvalue weighted by Crippen LogP contribution is -2.30. The second-order valence-corrected chi connectivity index (χ2v) is 23.8. The summed E-state index contributed by atoms with van der Waals surface area (Å²) < 4.78 is 67.4. The Hall–Kier alpha value is -1.94. The molecule has 0 aromatic rings. The zero-order chi connectivity index (χ0) is 55.1. The third kappa shape index (κ3) is 49.6. The van der Waals surface area contributed by atoms with E-state index in [1.807, 2.05) is 0 Å². The van der Waals surface area contributed by atoms with Gasteiger partial charge in [-0.3, -0.25) is 37.3 Å². The molecular weight excluding hydrogens is 995 g/mol. The Morgan fingerprint density at radius 2 is 0.622 bits per heavy atom. The minimum Gasteiger partial charge on any atom is -0.462 e. The van der Waals surface area contributed by atoms with E-state index in [1.54, 1.807) is 0 Å². The van der Waals surface area contributed by atoms with Crippen molar-refractivity contribution in [2.45, 2.75) is 278 Å². The lowest BCUT2D eigenvalue weighted by molar-refractivity contribution is -0.161. The molecule has 2 unspecified atom stereocenters. The number of aliphatic hydroxyl groups is 1. The first-order valence-corrected chi connectivity index (χ1v) is 32.0. The van der Waals surface area contributed by atoms with E-state index in [4.69, 9.17) is 37.0 Å². The summed E-state index contributed by atoms with van der Waals surface area (Å²) in [4.78, 5) is 71.5. The van der Waals surface area contributed by atoms with Gasteiger partial charge in [0.25, 0.3) is 0 Å². The smallest absolute Gasteiger partial charge is 0.462 e. The lowest BCUT2D eigenvalue weighted by Gasteiger charge is -2.21. The Bertz CT molecular complexity index is 1480. The topological polar surface area (TPSA) is 237 Å². The first-order chi connectivity index (χ1) is 35.4. The van der Waals surface area contributed by atoms with Crippen molar-refractivity contribution in [2.75, 3.05) is 39.6 Å². The molecule has 0 aliphatic carbocycles. The van der Waals surface area contributed by atoms with Crippen LogP contribution in [0.2, 0.25) is 0 Å². The molecule has 0 radical (unpaired) electrons. The molecule has 0 rings (SSSR count). The van der Waals surface area contributed by atoms with Crippen molar-refractivity contribution in [3.63, 3.8) is 0 Å². The van der Waals surface area contributed by atoms with Crippen LogP contribution in [0.3, 0.4) is 0 Å². The third-order valence-corrected chi connectivity index (χ3v) is 14.4. The van der Waals surface area contributed by atoms with Gasteiger partial charge in [0.2, 0.25) is 0 Å². The fraction of sp³-hybridized carbons (Fsp3) is 0.927.